The Morgan fingerprint density at radius 2 is 1.43 bits per heavy atom. The molecule has 0 fully saturated rings. The van der Waals surface area contributed by atoms with Crippen LogP contribution in [0.25, 0.3) is 6.08 Å². The molecule has 4 nitrogen and oxygen atoms in total. The summed E-state index contributed by atoms with van der Waals surface area (Å²) in [6.07, 6.45) is 17.0. The lowest BCUT2D eigenvalue weighted by molar-refractivity contribution is -0.137. The second kappa shape index (κ2) is 17.3. The average molecular weight is 413 g/mol. The van der Waals surface area contributed by atoms with Crippen molar-refractivity contribution >= 4 is 18.0 Å². The van der Waals surface area contributed by atoms with Crippen molar-refractivity contribution in [1.29, 1.82) is 0 Å². The Hall–Kier alpha value is -2.54. The van der Waals surface area contributed by atoms with Crippen LogP contribution in [0.15, 0.2) is 30.3 Å². The normalized spacial score (nSPS) is 10.6. The van der Waals surface area contributed by atoms with E-state index < -0.39 is 5.97 Å². The summed E-state index contributed by atoms with van der Waals surface area (Å²) < 4.78 is 5.20. The molecular weight excluding hydrogens is 376 g/mol. The maximum Gasteiger partial charge on any atom is 0.335 e. The Morgan fingerprint density at radius 3 is 2.03 bits per heavy atom. The van der Waals surface area contributed by atoms with E-state index in [1.807, 2.05) is 0 Å². The summed E-state index contributed by atoms with van der Waals surface area (Å²) in [6.45, 7) is 2.64. The van der Waals surface area contributed by atoms with Crippen LogP contribution in [-0.4, -0.2) is 23.7 Å². The van der Waals surface area contributed by atoms with Gasteiger partial charge in [-0.1, -0.05) is 64.0 Å². The van der Waals surface area contributed by atoms with Gasteiger partial charge in [-0.05, 0) is 43.0 Å². The third-order valence-corrected chi connectivity index (χ3v) is 4.79. The predicted molar refractivity (Wildman–Crippen MR) is 122 cm³/mol. The first-order chi connectivity index (χ1) is 14.6. The van der Waals surface area contributed by atoms with E-state index >= 15 is 0 Å². The van der Waals surface area contributed by atoms with Gasteiger partial charge in [-0.2, -0.15) is 0 Å². The van der Waals surface area contributed by atoms with Crippen molar-refractivity contribution in [2.75, 3.05) is 6.61 Å². The fourth-order valence-electron chi connectivity index (χ4n) is 2.94. The van der Waals surface area contributed by atoms with Crippen LogP contribution in [0.4, 0.5) is 0 Å². The molecule has 0 aliphatic carbocycles. The van der Waals surface area contributed by atoms with E-state index in [2.05, 4.69) is 18.8 Å². The number of esters is 1. The molecule has 0 bridgehead atoms. The van der Waals surface area contributed by atoms with E-state index in [1.54, 1.807) is 18.2 Å². The number of carbonyl (C=O) groups is 2. The molecule has 1 N–H and O–H groups in total. The van der Waals surface area contributed by atoms with Crippen molar-refractivity contribution in [3.05, 3.63) is 41.5 Å². The lowest BCUT2D eigenvalue weighted by Gasteiger charge is -2.03. The summed E-state index contributed by atoms with van der Waals surface area (Å²) in [7, 11) is 0. The van der Waals surface area contributed by atoms with Crippen LogP contribution in [0.5, 0.6) is 0 Å². The van der Waals surface area contributed by atoms with Gasteiger partial charge in [0.1, 0.15) is 0 Å². The molecule has 1 aromatic rings. The second-order valence-corrected chi connectivity index (χ2v) is 7.46. The van der Waals surface area contributed by atoms with Crippen LogP contribution < -0.4 is 0 Å². The van der Waals surface area contributed by atoms with Crippen molar-refractivity contribution in [2.45, 2.75) is 84.0 Å². The first-order valence-corrected chi connectivity index (χ1v) is 11.3. The highest BCUT2D eigenvalue weighted by Gasteiger charge is 2.01. The van der Waals surface area contributed by atoms with Crippen LogP contribution in [0.3, 0.4) is 0 Å². The van der Waals surface area contributed by atoms with E-state index in [1.165, 1.54) is 69.6 Å². The van der Waals surface area contributed by atoms with Crippen LogP contribution in [0.1, 0.15) is 99.9 Å². The van der Waals surface area contributed by atoms with Gasteiger partial charge >= 0.3 is 11.9 Å². The molecule has 0 spiro atoms. The van der Waals surface area contributed by atoms with Gasteiger partial charge in [0.25, 0.3) is 0 Å². The molecule has 0 aliphatic heterocycles. The minimum atomic E-state index is -0.965. The number of carboxylic acid groups (broad SMARTS) is 1. The van der Waals surface area contributed by atoms with Crippen LogP contribution in [-0.2, 0) is 9.53 Å². The molecule has 0 amide bonds. The monoisotopic (exact) mass is 412 g/mol. The Morgan fingerprint density at radius 1 is 0.867 bits per heavy atom. The van der Waals surface area contributed by atoms with Crippen LogP contribution in [0, 0.1) is 11.8 Å². The van der Waals surface area contributed by atoms with Gasteiger partial charge in [-0.3, -0.25) is 0 Å². The van der Waals surface area contributed by atoms with Crippen molar-refractivity contribution in [3.63, 3.8) is 0 Å². The summed E-state index contributed by atoms with van der Waals surface area (Å²) in [5, 5.41) is 8.86. The highest BCUT2D eigenvalue weighted by atomic mass is 16.5. The molecule has 1 aromatic carbocycles. The molecular formula is C26H36O4. The number of hydrogen-bond donors (Lipinski definition) is 1. The van der Waals surface area contributed by atoms with Gasteiger partial charge in [0.15, 0.2) is 0 Å². The van der Waals surface area contributed by atoms with E-state index in [4.69, 9.17) is 9.84 Å². The van der Waals surface area contributed by atoms with Gasteiger partial charge < -0.3 is 9.84 Å². The molecule has 0 radical (unpaired) electrons. The molecule has 4 heteroatoms. The van der Waals surface area contributed by atoms with Crippen molar-refractivity contribution in [3.8, 4) is 11.8 Å². The van der Waals surface area contributed by atoms with Crippen LogP contribution in [0.2, 0.25) is 0 Å². The number of rotatable bonds is 15. The minimum absolute atomic E-state index is 0.224. The Balaban J connectivity index is 1.95. The topological polar surface area (TPSA) is 63.6 Å². The lowest BCUT2D eigenvalue weighted by Crippen LogP contribution is -2.02. The zero-order valence-electron chi connectivity index (χ0n) is 18.3. The van der Waals surface area contributed by atoms with Crippen molar-refractivity contribution in [2.24, 2.45) is 0 Å². The molecule has 0 atom stereocenters. The zero-order chi connectivity index (χ0) is 21.9. The SMILES string of the molecule is CCCCC#CCCCCCCCCCCOC(=O)/C=C/c1ccc(C(=O)O)cc1. The summed E-state index contributed by atoms with van der Waals surface area (Å²) in [6, 6.07) is 6.34. The maximum atomic E-state index is 11.7. The molecule has 0 saturated carbocycles. The van der Waals surface area contributed by atoms with Crippen LogP contribution >= 0.6 is 0 Å². The summed E-state index contributed by atoms with van der Waals surface area (Å²) in [5.74, 6) is 5.17. The standard InChI is InChI=1S/C26H36O4/c1-2-3-4-5-6-7-8-9-10-11-12-13-14-15-22-30-25(27)21-18-23-16-19-24(20-17-23)26(28)29/h16-21H,2-4,7-15,22H2,1H3,(H,28,29)/b21-18+. The predicted octanol–water partition coefficient (Wildman–Crippen LogP) is 6.65. The highest BCUT2D eigenvalue weighted by Crippen LogP contribution is 2.10. The molecule has 164 valence electrons. The van der Waals surface area contributed by atoms with E-state index in [0.29, 0.717) is 6.61 Å². The second-order valence-electron chi connectivity index (χ2n) is 7.46. The molecule has 0 unspecified atom stereocenters. The maximum absolute atomic E-state index is 11.7. The zero-order valence-corrected chi connectivity index (χ0v) is 18.3. The average Bonchev–Trinajstić information content (AvgIpc) is 2.75. The fraction of sp³-hybridized carbons (Fsp3) is 0.538. The van der Waals surface area contributed by atoms with Gasteiger partial charge in [0, 0.05) is 18.9 Å². The third-order valence-electron chi connectivity index (χ3n) is 4.79. The quantitative estimate of drug-likeness (QED) is 0.152. The van der Waals surface area contributed by atoms with Gasteiger partial charge in [0.05, 0.1) is 12.2 Å². The molecule has 0 saturated heterocycles. The minimum Gasteiger partial charge on any atom is -0.478 e. The number of aromatic carboxylic acids is 1. The molecule has 0 aromatic heterocycles. The number of carboxylic acids is 1. The number of unbranched alkanes of at least 4 members (excludes halogenated alkanes) is 10. The third kappa shape index (κ3) is 13.6. The number of benzene rings is 1. The highest BCUT2D eigenvalue weighted by molar-refractivity contribution is 5.89. The fourth-order valence-corrected chi connectivity index (χ4v) is 2.94. The summed E-state index contributed by atoms with van der Waals surface area (Å²) in [5.41, 5.74) is 0.988. The van der Waals surface area contributed by atoms with E-state index in [9.17, 15) is 9.59 Å². The van der Waals surface area contributed by atoms with Gasteiger partial charge in [-0.15, -0.1) is 11.8 Å². The Kier molecular flexibility index (Phi) is 14.7. The smallest absolute Gasteiger partial charge is 0.335 e. The molecule has 30 heavy (non-hydrogen) atoms. The number of hydrogen-bond acceptors (Lipinski definition) is 3. The summed E-state index contributed by atoms with van der Waals surface area (Å²) >= 11 is 0. The summed E-state index contributed by atoms with van der Waals surface area (Å²) in [4.78, 5) is 22.5. The number of carbonyl (C=O) groups excluding carboxylic acids is 1. The van der Waals surface area contributed by atoms with E-state index in [0.717, 1.165) is 31.2 Å². The molecule has 1 rings (SSSR count). The van der Waals surface area contributed by atoms with Crippen molar-refractivity contribution < 1.29 is 19.4 Å². The number of ether oxygens (including phenoxy) is 1. The lowest BCUT2D eigenvalue weighted by atomic mass is 10.1. The van der Waals surface area contributed by atoms with Crippen molar-refractivity contribution in [1.82, 2.24) is 0 Å². The first-order valence-electron chi connectivity index (χ1n) is 11.3. The van der Waals surface area contributed by atoms with E-state index in [-0.39, 0.29) is 11.5 Å². The van der Waals surface area contributed by atoms with Gasteiger partial charge in [-0.25, -0.2) is 9.59 Å². The first kappa shape index (κ1) is 25.5. The Labute approximate surface area is 181 Å². The van der Waals surface area contributed by atoms with Gasteiger partial charge in [0.2, 0.25) is 0 Å². The Bertz CT molecular complexity index is 692. The molecule has 0 aliphatic rings. The molecule has 0 heterocycles. The largest absolute Gasteiger partial charge is 0.478 e.